The Hall–Kier alpha value is -1.92. The molecule has 1 aromatic heterocycles. The number of piperazine rings is 1. The van der Waals surface area contributed by atoms with Crippen LogP contribution in [0.2, 0.25) is 0 Å². The van der Waals surface area contributed by atoms with Crippen LogP contribution in [0.3, 0.4) is 0 Å². The molecular formula is C22H32N4O2. The molecule has 0 amide bonds. The fourth-order valence-corrected chi connectivity index (χ4v) is 4.70. The summed E-state index contributed by atoms with van der Waals surface area (Å²) in [5.41, 5.74) is 4.57. The maximum Gasteiger partial charge on any atom is 0.152 e. The van der Waals surface area contributed by atoms with Crippen molar-refractivity contribution in [2.75, 3.05) is 37.7 Å². The van der Waals surface area contributed by atoms with Gasteiger partial charge in [0.15, 0.2) is 6.29 Å². The average Bonchev–Trinajstić information content (AvgIpc) is 3.11. The van der Waals surface area contributed by atoms with Crippen molar-refractivity contribution in [3.63, 3.8) is 0 Å². The third-order valence-electron chi connectivity index (χ3n) is 6.51. The van der Waals surface area contributed by atoms with Gasteiger partial charge >= 0.3 is 0 Å². The minimum absolute atomic E-state index is 0.00793. The second kappa shape index (κ2) is 7.84. The molecule has 2 fully saturated rings. The van der Waals surface area contributed by atoms with Crippen LogP contribution in [0.4, 0.5) is 5.69 Å². The Labute approximate surface area is 167 Å². The van der Waals surface area contributed by atoms with Gasteiger partial charge in [-0.1, -0.05) is 13.8 Å². The topological polar surface area (TPSA) is 61.5 Å². The molecule has 2 saturated heterocycles. The van der Waals surface area contributed by atoms with Crippen molar-refractivity contribution in [2.45, 2.75) is 52.7 Å². The molecule has 0 aliphatic carbocycles. The van der Waals surface area contributed by atoms with Gasteiger partial charge in [-0.2, -0.15) is 0 Å². The molecule has 2 aromatic rings. The van der Waals surface area contributed by atoms with E-state index in [0.29, 0.717) is 17.5 Å². The van der Waals surface area contributed by atoms with Crippen LogP contribution >= 0.6 is 0 Å². The second-order valence-corrected chi connectivity index (χ2v) is 8.50. The number of anilines is 1. The molecule has 1 N–H and O–H groups in total. The smallest absolute Gasteiger partial charge is 0.152 e. The maximum atomic E-state index is 12.0. The maximum absolute atomic E-state index is 12.0. The molecule has 4 rings (SSSR count). The largest absolute Gasteiger partial charge is 0.370 e. The number of benzene rings is 1. The molecule has 3 heterocycles. The van der Waals surface area contributed by atoms with Crippen molar-refractivity contribution in [3.8, 4) is 0 Å². The standard InChI is InChI=1S/C22H32N4O2/c1-5-25-7-8-26(15(3)12-25)19-11-18-21(17(13-27)16(19)4)24-22(23-18)20-10-14(2)6-9-28-20/h11,13-15,20H,5-10,12H2,1-4H3,(H,23,24)/t14?,15-,20?/m1/s1. The number of nitrogens with zero attached hydrogens (tertiary/aromatic N) is 3. The van der Waals surface area contributed by atoms with Crippen LogP contribution < -0.4 is 4.90 Å². The number of carbonyl (C=O) groups excluding carboxylic acids is 1. The van der Waals surface area contributed by atoms with Crippen molar-refractivity contribution in [1.82, 2.24) is 14.9 Å². The molecular weight excluding hydrogens is 352 g/mol. The lowest BCUT2D eigenvalue weighted by Crippen LogP contribution is -2.52. The Morgan fingerprint density at radius 1 is 1.36 bits per heavy atom. The molecule has 6 heteroatoms. The van der Waals surface area contributed by atoms with Crippen LogP contribution in [0.15, 0.2) is 6.07 Å². The van der Waals surface area contributed by atoms with Crippen LogP contribution in [0, 0.1) is 12.8 Å². The molecule has 0 spiro atoms. The highest BCUT2D eigenvalue weighted by Crippen LogP contribution is 2.35. The van der Waals surface area contributed by atoms with E-state index in [9.17, 15) is 4.79 Å². The van der Waals surface area contributed by atoms with Crippen LogP contribution in [0.5, 0.6) is 0 Å². The Balaban J connectivity index is 1.72. The predicted octanol–water partition coefficient (Wildman–Crippen LogP) is 3.70. The first kappa shape index (κ1) is 19.4. The first-order valence-corrected chi connectivity index (χ1v) is 10.6. The number of aromatic nitrogens is 2. The molecule has 0 radical (unpaired) electrons. The van der Waals surface area contributed by atoms with Crippen LogP contribution in [0.1, 0.15) is 61.5 Å². The lowest BCUT2D eigenvalue weighted by molar-refractivity contribution is -0.0108. The molecule has 0 saturated carbocycles. The quantitative estimate of drug-likeness (QED) is 0.815. The summed E-state index contributed by atoms with van der Waals surface area (Å²) in [5, 5.41) is 0. The molecule has 2 aliphatic heterocycles. The summed E-state index contributed by atoms with van der Waals surface area (Å²) >= 11 is 0. The number of hydrogen-bond acceptors (Lipinski definition) is 5. The van der Waals surface area contributed by atoms with E-state index in [2.05, 4.69) is 41.6 Å². The van der Waals surface area contributed by atoms with Gasteiger partial charge in [-0.25, -0.2) is 4.98 Å². The average molecular weight is 385 g/mol. The van der Waals surface area contributed by atoms with E-state index in [1.807, 2.05) is 6.92 Å². The highest BCUT2D eigenvalue weighted by atomic mass is 16.5. The molecule has 0 bridgehead atoms. The summed E-state index contributed by atoms with van der Waals surface area (Å²) in [6.07, 6.45) is 3.02. The zero-order chi connectivity index (χ0) is 19.8. The number of rotatable bonds is 4. The summed E-state index contributed by atoms with van der Waals surface area (Å²) in [6.45, 7) is 13.7. The van der Waals surface area contributed by atoms with E-state index >= 15 is 0 Å². The van der Waals surface area contributed by atoms with Gasteiger partial charge in [0.2, 0.25) is 0 Å². The normalized spacial score (nSPS) is 26.7. The number of nitrogens with one attached hydrogen (secondary N) is 1. The van der Waals surface area contributed by atoms with Crippen LogP contribution in [-0.2, 0) is 4.74 Å². The third kappa shape index (κ3) is 3.44. The fourth-order valence-electron chi connectivity index (χ4n) is 4.70. The van der Waals surface area contributed by atoms with E-state index in [1.165, 1.54) is 0 Å². The zero-order valence-corrected chi connectivity index (χ0v) is 17.5. The number of H-pyrrole nitrogens is 1. The number of carbonyl (C=O) groups is 1. The first-order valence-electron chi connectivity index (χ1n) is 10.6. The first-order chi connectivity index (χ1) is 13.5. The number of likely N-dealkylation sites (N-methyl/N-ethyl adjacent to an activating group) is 1. The lowest BCUT2D eigenvalue weighted by Gasteiger charge is -2.41. The van der Waals surface area contributed by atoms with E-state index in [4.69, 9.17) is 9.72 Å². The zero-order valence-electron chi connectivity index (χ0n) is 17.5. The van der Waals surface area contributed by atoms with Gasteiger partial charge in [-0.15, -0.1) is 0 Å². The molecule has 6 nitrogen and oxygen atoms in total. The van der Waals surface area contributed by atoms with Gasteiger partial charge in [-0.3, -0.25) is 9.69 Å². The molecule has 28 heavy (non-hydrogen) atoms. The summed E-state index contributed by atoms with van der Waals surface area (Å²) in [5.74, 6) is 1.48. The monoisotopic (exact) mass is 384 g/mol. The van der Waals surface area contributed by atoms with Crippen molar-refractivity contribution in [1.29, 1.82) is 0 Å². The Kier molecular flexibility index (Phi) is 5.43. The minimum Gasteiger partial charge on any atom is -0.370 e. The van der Waals surface area contributed by atoms with Crippen molar-refractivity contribution >= 4 is 23.0 Å². The highest BCUT2D eigenvalue weighted by molar-refractivity contribution is 5.99. The van der Waals surface area contributed by atoms with Gasteiger partial charge in [0.25, 0.3) is 0 Å². The highest BCUT2D eigenvalue weighted by Gasteiger charge is 2.28. The van der Waals surface area contributed by atoms with Gasteiger partial charge in [0.05, 0.1) is 11.0 Å². The summed E-state index contributed by atoms with van der Waals surface area (Å²) in [4.78, 5) is 25.2. The number of fused-ring (bicyclic) bond motifs is 1. The molecule has 1 aromatic carbocycles. The Morgan fingerprint density at radius 2 is 2.18 bits per heavy atom. The molecule has 152 valence electrons. The van der Waals surface area contributed by atoms with E-state index in [1.54, 1.807) is 0 Å². The van der Waals surface area contributed by atoms with Gasteiger partial charge in [-0.05, 0) is 50.8 Å². The molecule has 2 aliphatic rings. The number of aromatic amines is 1. The van der Waals surface area contributed by atoms with Crippen LogP contribution in [0.25, 0.3) is 11.0 Å². The minimum atomic E-state index is -0.00793. The Bertz CT molecular complexity index is 862. The summed E-state index contributed by atoms with van der Waals surface area (Å²) in [6, 6.07) is 2.59. The van der Waals surface area contributed by atoms with E-state index < -0.39 is 0 Å². The predicted molar refractivity (Wildman–Crippen MR) is 112 cm³/mol. The summed E-state index contributed by atoms with van der Waals surface area (Å²) in [7, 11) is 0. The number of imidazole rings is 1. The van der Waals surface area contributed by atoms with Crippen molar-refractivity contribution in [2.24, 2.45) is 5.92 Å². The van der Waals surface area contributed by atoms with Gasteiger partial charge in [0.1, 0.15) is 11.9 Å². The number of aldehydes is 1. The van der Waals surface area contributed by atoms with E-state index in [0.717, 1.165) is 80.0 Å². The molecule has 3 atom stereocenters. The lowest BCUT2D eigenvalue weighted by atomic mass is 9.97. The van der Waals surface area contributed by atoms with Gasteiger partial charge in [0, 0.05) is 43.5 Å². The molecule has 2 unspecified atom stereocenters. The summed E-state index contributed by atoms with van der Waals surface area (Å²) < 4.78 is 5.96. The van der Waals surface area contributed by atoms with Crippen molar-refractivity contribution in [3.05, 3.63) is 23.0 Å². The second-order valence-electron chi connectivity index (χ2n) is 8.50. The van der Waals surface area contributed by atoms with Crippen molar-refractivity contribution < 1.29 is 9.53 Å². The number of hydrogen-bond donors (Lipinski definition) is 1. The van der Waals surface area contributed by atoms with Gasteiger partial charge < -0.3 is 14.6 Å². The Morgan fingerprint density at radius 3 is 2.86 bits per heavy atom. The SMILES string of the molecule is CCN1CCN(c2cc3[nH]c(C4CC(C)CCO4)nc3c(C=O)c2C)[C@H](C)C1. The number of ether oxygens (including phenoxy) is 1. The van der Waals surface area contributed by atoms with Crippen LogP contribution in [-0.4, -0.2) is 60.0 Å². The third-order valence-corrected chi connectivity index (χ3v) is 6.51. The fraction of sp³-hybridized carbons (Fsp3) is 0.636. The van der Waals surface area contributed by atoms with E-state index in [-0.39, 0.29) is 6.10 Å².